The minimum Gasteiger partial charge on any atom is -0.396 e. The molecule has 0 spiro atoms. The quantitative estimate of drug-likeness (QED) is 0.828. The van der Waals surface area contributed by atoms with E-state index in [1.807, 2.05) is 6.26 Å². The van der Waals surface area contributed by atoms with Gasteiger partial charge in [-0.05, 0) is 19.1 Å². The molecule has 0 bridgehead atoms. The Labute approximate surface area is 121 Å². The topological polar surface area (TPSA) is 81.6 Å². The maximum atomic E-state index is 11.4. The van der Waals surface area contributed by atoms with Gasteiger partial charge in [0.1, 0.15) is 9.88 Å². The monoisotopic (exact) mass is 301 g/mol. The van der Waals surface area contributed by atoms with Crippen LogP contribution in [-0.4, -0.2) is 38.5 Å². The Kier molecular flexibility index (Phi) is 4.59. The highest BCUT2D eigenvalue weighted by Crippen LogP contribution is 2.44. The first kappa shape index (κ1) is 14.5. The third-order valence-corrected chi connectivity index (χ3v) is 5.60. The fraction of sp³-hybridized carbons (Fsp3) is 0.583. The number of hydrogen-bond acceptors (Lipinski definition) is 6. The highest BCUT2D eigenvalue weighted by Gasteiger charge is 2.26. The molecule has 0 atom stereocenters. The highest BCUT2D eigenvalue weighted by molar-refractivity contribution is 7.99. The van der Waals surface area contributed by atoms with Gasteiger partial charge in [0.05, 0.1) is 16.7 Å². The summed E-state index contributed by atoms with van der Waals surface area (Å²) >= 11 is 2.96. The summed E-state index contributed by atoms with van der Waals surface area (Å²) < 4.78 is 5.37. The number of rotatable bonds is 4. The van der Waals surface area contributed by atoms with E-state index in [0.717, 1.165) is 35.8 Å². The van der Waals surface area contributed by atoms with Gasteiger partial charge in [-0.15, -0.1) is 23.1 Å². The summed E-state index contributed by atoms with van der Waals surface area (Å²) in [6, 6.07) is 0. The predicted molar refractivity (Wildman–Crippen MR) is 81.3 cm³/mol. The van der Waals surface area contributed by atoms with E-state index in [9.17, 15) is 4.79 Å². The van der Waals surface area contributed by atoms with Crippen LogP contribution in [0.4, 0.5) is 10.7 Å². The van der Waals surface area contributed by atoms with Crippen LogP contribution in [-0.2, 0) is 4.74 Å². The van der Waals surface area contributed by atoms with Crippen molar-refractivity contribution in [2.45, 2.75) is 23.8 Å². The van der Waals surface area contributed by atoms with Crippen LogP contribution < -0.4 is 16.4 Å². The number of amides is 1. The lowest BCUT2D eigenvalue weighted by Gasteiger charge is -2.32. The fourth-order valence-electron chi connectivity index (χ4n) is 2.30. The van der Waals surface area contributed by atoms with Crippen molar-refractivity contribution in [1.29, 1.82) is 0 Å². The first-order chi connectivity index (χ1) is 9.08. The van der Waals surface area contributed by atoms with Crippen molar-refractivity contribution in [2.75, 3.05) is 37.1 Å². The van der Waals surface area contributed by atoms with Crippen molar-refractivity contribution >= 4 is 39.7 Å². The van der Waals surface area contributed by atoms with E-state index in [2.05, 4.69) is 4.90 Å². The minimum atomic E-state index is -0.448. The van der Waals surface area contributed by atoms with Crippen molar-refractivity contribution in [2.24, 2.45) is 5.73 Å². The number of thiophene rings is 1. The molecule has 1 aromatic heterocycles. The number of anilines is 2. The Morgan fingerprint density at radius 3 is 2.58 bits per heavy atom. The zero-order valence-electron chi connectivity index (χ0n) is 11.1. The van der Waals surface area contributed by atoms with E-state index in [4.69, 9.17) is 16.2 Å². The van der Waals surface area contributed by atoms with E-state index in [1.54, 1.807) is 18.9 Å². The number of nitrogens with zero attached hydrogens (tertiary/aromatic N) is 1. The second-order valence-electron chi connectivity index (χ2n) is 4.47. The molecule has 19 heavy (non-hydrogen) atoms. The van der Waals surface area contributed by atoms with Gasteiger partial charge in [-0.1, -0.05) is 0 Å². The second kappa shape index (κ2) is 6.02. The molecule has 0 radical (unpaired) electrons. The number of carbonyl (C=O) groups is 1. The summed E-state index contributed by atoms with van der Waals surface area (Å²) in [6.07, 6.45) is 4.29. The molecule has 2 heterocycles. The average molecular weight is 301 g/mol. The number of hydrogen-bond donors (Lipinski definition) is 2. The van der Waals surface area contributed by atoms with Crippen molar-refractivity contribution in [3.8, 4) is 0 Å². The molecule has 1 fully saturated rings. The average Bonchev–Trinajstić information content (AvgIpc) is 2.76. The summed E-state index contributed by atoms with van der Waals surface area (Å²) in [5.74, 6) is -0.448. The largest absolute Gasteiger partial charge is 0.396 e. The number of piperidine rings is 1. The van der Waals surface area contributed by atoms with Crippen LogP contribution in [0, 0.1) is 0 Å². The molecule has 1 saturated heterocycles. The molecule has 0 aliphatic carbocycles. The van der Waals surface area contributed by atoms with Gasteiger partial charge in [0.15, 0.2) is 0 Å². The first-order valence-electron chi connectivity index (χ1n) is 6.12. The molecule has 0 unspecified atom stereocenters. The van der Waals surface area contributed by atoms with E-state index >= 15 is 0 Å². The third kappa shape index (κ3) is 2.82. The number of nitrogens with two attached hydrogens (primary N) is 2. The van der Waals surface area contributed by atoms with Gasteiger partial charge in [-0.25, -0.2) is 0 Å². The predicted octanol–water partition coefficient (Wildman–Crippen LogP) is 1.77. The van der Waals surface area contributed by atoms with Crippen molar-refractivity contribution in [1.82, 2.24) is 0 Å². The summed E-state index contributed by atoms with van der Waals surface area (Å²) in [5, 5.41) is 1.06. The Hall–Kier alpha value is -0.920. The van der Waals surface area contributed by atoms with E-state index in [1.165, 1.54) is 11.3 Å². The van der Waals surface area contributed by atoms with Gasteiger partial charge in [0.25, 0.3) is 5.91 Å². The number of primary amides is 1. The standard InChI is InChI=1S/C12H19N3O2S2/c1-17-7-3-5-15(6-4-7)12-10(18-2)8(13)9(19-12)11(14)16/h7H,3-6,13H2,1-2H3,(H2,14,16). The van der Waals surface area contributed by atoms with Crippen LogP contribution >= 0.6 is 23.1 Å². The summed E-state index contributed by atoms with van der Waals surface area (Å²) in [5.41, 5.74) is 11.9. The smallest absolute Gasteiger partial charge is 0.261 e. The molecule has 106 valence electrons. The second-order valence-corrected chi connectivity index (χ2v) is 6.29. The number of ether oxygens (including phenoxy) is 1. The van der Waals surface area contributed by atoms with Crippen LogP contribution in [0.5, 0.6) is 0 Å². The molecule has 4 N–H and O–H groups in total. The molecule has 0 saturated carbocycles. The number of methoxy groups -OCH3 is 1. The van der Waals surface area contributed by atoms with Crippen molar-refractivity contribution in [3.05, 3.63) is 4.88 Å². The van der Waals surface area contributed by atoms with Crippen LogP contribution in [0.15, 0.2) is 4.90 Å². The molecular formula is C12H19N3O2S2. The lowest BCUT2D eigenvalue weighted by molar-refractivity contribution is 0.0819. The van der Waals surface area contributed by atoms with Gasteiger partial charge in [0, 0.05) is 20.2 Å². The van der Waals surface area contributed by atoms with E-state index in [0.29, 0.717) is 16.7 Å². The lowest BCUT2D eigenvalue weighted by Crippen LogP contribution is -2.36. The van der Waals surface area contributed by atoms with E-state index < -0.39 is 5.91 Å². The van der Waals surface area contributed by atoms with Crippen molar-refractivity contribution < 1.29 is 9.53 Å². The van der Waals surface area contributed by atoms with Gasteiger partial charge >= 0.3 is 0 Å². The molecule has 7 heteroatoms. The summed E-state index contributed by atoms with van der Waals surface area (Å²) in [7, 11) is 1.75. The molecule has 1 aliphatic rings. The Bertz CT molecular complexity index is 468. The van der Waals surface area contributed by atoms with Crippen LogP contribution in [0.25, 0.3) is 0 Å². The molecule has 5 nitrogen and oxygen atoms in total. The number of thioether (sulfide) groups is 1. The summed E-state index contributed by atoms with van der Waals surface area (Å²) in [4.78, 5) is 15.1. The number of nitrogen functional groups attached to an aromatic ring is 1. The van der Waals surface area contributed by atoms with Crippen LogP contribution in [0.1, 0.15) is 22.5 Å². The third-order valence-electron chi connectivity index (χ3n) is 3.37. The van der Waals surface area contributed by atoms with E-state index in [-0.39, 0.29) is 0 Å². The SMILES string of the molecule is COC1CCN(c2sc(C(N)=O)c(N)c2SC)CC1. The first-order valence-corrected chi connectivity index (χ1v) is 8.16. The zero-order chi connectivity index (χ0) is 14.0. The van der Waals surface area contributed by atoms with Crippen LogP contribution in [0.2, 0.25) is 0 Å². The summed E-state index contributed by atoms with van der Waals surface area (Å²) in [6.45, 7) is 1.84. The maximum absolute atomic E-state index is 11.4. The molecule has 1 aromatic rings. The van der Waals surface area contributed by atoms with Gasteiger partial charge < -0.3 is 21.1 Å². The normalized spacial score (nSPS) is 16.8. The van der Waals surface area contributed by atoms with Gasteiger partial charge in [-0.2, -0.15) is 0 Å². The Balaban J connectivity index is 2.25. The Morgan fingerprint density at radius 2 is 2.11 bits per heavy atom. The van der Waals surface area contributed by atoms with Crippen LogP contribution in [0.3, 0.4) is 0 Å². The molecule has 2 rings (SSSR count). The minimum absolute atomic E-state index is 0.335. The van der Waals surface area contributed by atoms with Crippen molar-refractivity contribution in [3.63, 3.8) is 0 Å². The fourth-order valence-corrected chi connectivity index (χ4v) is 4.38. The molecular weight excluding hydrogens is 282 g/mol. The maximum Gasteiger partial charge on any atom is 0.261 e. The molecule has 1 aliphatic heterocycles. The molecule has 0 aromatic carbocycles. The van der Waals surface area contributed by atoms with Gasteiger partial charge in [-0.3, -0.25) is 4.79 Å². The molecule has 1 amide bonds. The Morgan fingerprint density at radius 1 is 1.47 bits per heavy atom. The number of carbonyl (C=O) groups excluding carboxylic acids is 1. The van der Waals surface area contributed by atoms with Gasteiger partial charge in [0.2, 0.25) is 0 Å². The lowest BCUT2D eigenvalue weighted by atomic mass is 10.1. The zero-order valence-corrected chi connectivity index (χ0v) is 12.8. The highest BCUT2D eigenvalue weighted by atomic mass is 32.2.